The number of halogens is 3. The van der Waals surface area contributed by atoms with Crippen LogP contribution in [0.3, 0.4) is 0 Å². The summed E-state index contributed by atoms with van der Waals surface area (Å²) in [7, 11) is 0. The van der Waals surface area contributed by atoms with Crippen LogP contribution >= 0.6 is 0 Å². The average molecular weight is 277 g/mol. The van der Waals surface area contributed by atoms with Crippen molar-refractivity contribution in [3.05, 3.63) is 24.3 Å². The van der Waals surface area contributed by atoms with Gasteiger partial charge < -0.3 is 14.8 Å². The van der Waals surface area contributed by atoms with E-state index < -0.39 is 18.1 Å². The maximum absolute atomic E-state index is 12.2. The van der Waals surface area contributed by atoms with Gasteiger partial charge in [0.2, 0.25) is 0 Å². The molecule has 7 heteroatoms. The highest BCUT2D eigenvalue weighted by Gasteiger charge is 2.32. The van der Waals surface area contributed by atoms with Crippen molar-refractivity contribution in [2.75, 3.05) is 11.9 Å². The number of para-hydroxylation sites is 2. The molecule has 0 bridgehead atoms. The molecule has 106 valence electrons. The topological polar surface area (TPSA) is 47.6 Å². The van der Waals surface area contributed by atoms with Crippen LogP contribution in [-0.2, 0) is 9.53 Å². The summed E-state index contributed by atoms with van der Waals surface area (Å²) in [5.74, 6) is -0.954. The Labute approximate surface area is 108 Å². The molecule has 19 heavy (non-hydrogen) atoms. The zero-order valence-corrected chi connectivity index (χ0v) is 10.5. The van der Waals surface area contributed by atoms with Crippen molar-refractivity contribution in [3.63, 3.8) is 0 Å². The molecule has 4 nitrogen and oxygen atoms in total. The fourth-order valence-corrected chi connectivity index (χ4v) is 1.30. The van der Waals surface area contributed by atoms with E-state index >= 15 is 0 Å². The third-order valence-electron chi connectivity index (χ3n) is 1.90. The molecule has 1 aromatic rings. The number of ether oxygens (including phenoxy) is 2. The number of carbonyl (C=O) groups excluding carboxylic acids is 1. The van der Waals surface area contributed by atoms with Gasteiger partial charge >= 0.3 is 12.3 Å². The lowest BCUT2D eigenvalue weighted by Crippen LogP contribution is -2.22. The first kappa shape index (κ1) is 15.1. The van der Waals surface area contributed by atoms with Gasteiger partial charge in [-0.15, -0.1) is 13.2 Å². The van der Waals surface area contributed by atoms with Crippen LogP contribution < -0.4 is 10.1 Å². The first-order valence-corrected chi connectivity index (χ1v) is 5.56. The van der Waals surface area contributed by atoms with Crippen molar-refractivity contribution in [2.45, 2.75) is 26.3 Å². The predicted molar refractivity (Wildman–Crippen MR) is 62.8 cm³/mol. The Kier molecular flexibility index (Phi) is 5.02. The summed E-state index contributed by atoms with van der Waals surface area (Å²) >= 11 is 0. The minimum Gasteiger partial charge on any atom is -0.462 e. The lowest BCUT2D eigenvalue weighted by Gasteiger charge is -2.14. The smallest absolute Gasteiger partial charge is 0.462 e. The summed E-state index contributed by atoms with van der Waals surface area (Å²) in [4.78, 5) is 11.3. The number of anilines is 1. The highest BCUT2D eigenvalue weighted by molar-refractivity contribution is 5.76. The van der Waals surface area contributed by atoms with Crippen molar-refractivity contribution in [1.29, 1.82) is 0 Å². The fourth-order valence-electron chi connectivity index (χ4n) is 1.30. The first-order valence-electron chi connectivity index (χ1n) is 5.56. The van der Waals surface area contributed by atoms with Crippen LogP contribution in [-0.4, -0.2) is 25.0 Å². The van der Waals surface area contributed by atoms with Crippen LogP contribution in [0.15, 0.2) is 24.3 Å². The zero-order valence-electron chi connectivity index (χ0n) is 10.5. The minimum absolute atomic E-state index is 0.0699. The highest BCUT2D eigenvalue weighted by Crippen LogP contribution is 2.29. The quantitative estimate of drug-likeness (QED) is 0.841. The second kappa shape index (κ2) is 6.31. The summed E-state index contributed by atoms with van der Waals surface area (Å²) in [5.41, 5.74) is 0.0699. The van der Waals surface area contributed by atoms with Gasteiger partial charge in [-0.3, -0.25) is 4.79 Å². The molecule has 0 aliphatic heterocycles. The molecule has 0 aromatic heterocycles. The lowest BCUT2D eigenvalue weighted by molar-refractivity contribution is -0.274. The normalized spacial score (nSPS) is 11.3. The number of alkyl halides is 3. The summed E-state index contributed by atoms with van der Waals surface area (Å²) < 4.78 is 45.1. The Bertz CT molecular complexity index is 432. The lowest BCUT2D eigenvalue weighted by atomic mass is 10.3. The van der Waals surface area contributed by atoms with Gasteiger partial charge in [-0.25, -0.2) is 0 Å². The Morgan fingerprint density at radius 2 is 1.95 bits per heavy atom. The predicted octanol–water partition coefficient (Wildman–Crippen LogP) is 2.95. The molecule has 1 rings (SSSR count). The van der Waals surface area contributed by atoms with Crippen LogP contribution in [0.2, 0.25) is 0 Å². The third-order valence-corrected chi connectivity index (χ3v) is 1.90. The largest absolute Gasteiger partial charge is 0.573 e. The van der Waals surface area contributed by atoms with E-state index in [1.807, 2.05) is 0 Å². The molecule has 0 saturated carbocycles. The number of nitrogens with one attached hydrogen (secondary N) is 1. The standard InChI is InChI=1S/C12H14F3NO3/c1-8(2)18-11(17)7-16-9-5-3-4-6-10(9)19-12(13,14)15/h3-6,8,16H,7H2,1-2H3. The number of benzene rings is 1. The molecule has 1 N–H and O–H groups in total. The number of esters is 1. The van der Waals surface area contributed by atoms with Gasteiger partial charge in [0, 0.05) is 0 Å². The average Bonchev–Trinajstić information content (AvgIpc) is 2.25. The first-order chi connectivity index (χ1) is 8.78. The summed E-state index contributed by atoms with van der Waals surface area (Å²) in [6.07, 6.45) is -5.06. The van der Waals surface area contributed by atoms with Crippen LogP contribution in [0.1, 0.15) is 13.8 Å². The molecule has 0 heterocycles. The van der Waals surface area contributed by atoms with Crippen molar-refractivity contribution in [1.82, 2.24) is 0 Å². The van der Waals surface area contributed by atoms with Gasteiger partial charge in [0.15, 0.2) is 5.75 Å². The van der Waals surface area contributed by atoms with Gasteiger partial charge in [-0.1, -0.05) is 12.1 Å². The molecule has 0 amide bonds. The van der Waals surface area contributed by atoms with Crippen LogP contribution in [0.4, 0.5) is 18.9 Å². The third kappa shape index (κ3) is 5.98. The second-order valence-corrected chi connectivity index (χ2v) is 3.94. The van der Waals surface area contributed by atoms with E-state index in [4.69, 9.17) is 4.74 Å². The Balaban J connectivity index is 2.65. The van der Waals surface area contributed by atoms with Gasteiger partial charge in [0.05, 0.1) is 11.8 Å². The van der Waals surface area contributed by atoms with Gasteiger partial charge in [-0.2, -0.15) is 0 Å². The minimum atomic E-state index is -4.78. The molecule has 0 aliphatic carbocycles. The Hall–Kier alpha value is -1.92. The van der Waals surface area contributed by atoms with E-state index in [9.17, 15) is 18.0 Å². The number of hydrogen-bond acceptors (Lipinski definition) is 4. The van der Waals surface area contributed by atoms with E-state index in [-0.39, 0.29) is 18.3 Å². The van der Waals surface area contributed by atoms with E-state index in [0.29, 0.717) is 0 Å². The van der Waals surface area contributed by atoms with E-state index in [0.717, 1.165) is 6.07 Å². The Morgan fingerprint density at radius 3 is 2.53 bits per heavy atom. The van der Waals surface area contributed by atoms with Crippen LogP contribution in [0.5, 0.6) is 5.75 Å². The highest BCUT2D eigenvalue weighted by atomic mass is 19.4. The summed E-state index contributed by atoms with van der Waals surface area (Å²) in [6.45, 7) is 3.12. The molecule has 1 aromatic carbocycles. The summed E-state index contributed by atoms with van der Waals surface area (Å²) in [6, 6.07) is 5.46. The molecular weight excluding hydrogens is 263 g/mol. The molecule has 0 spiro atoms. The van der Waals surface area contributed by atoms with Crippen LogP contribution in [0, 0.1) is 0 Å². The second-order valence-electron chi connectivity index (χ2n) is 3.94. The van der Waals surface area contributed by atoms with Crippen molar-refractivity contribution < 1.29 is 27.4 Å². The van der Waals surface area contributed by atoms with Gasteiger partial charge in [0.25, 0.3) is 0 Å². The maximum atomic E-state index is 12.2. The van der Waals surface area contributed by atoms with Crippen molar-refractivity contribution in [2.24, 2.45) is 0 Å². The molecule has 0 aliphatic rings. The van der Waals surface area contributed by atoms with E-state index in [2.05, 4.69) is 10.1 Å². The molecule has 0 radical (unpaired) electrons. The molecule has 0 unspecified atom stereocenters. The Morgan fingerprint density at radius 1 is 1.32 bits per heavy atom. The van der Waals surface area contributed by atoms with Crippen LogP contribution in [0.25, 0.3) is 0 Å². The number of hydrogen-bond donors (Lipinski definition) is 1. The summed E-state index contributed by atoms with van der Waals surface area (Å²) in [5, 5.41) is 2.54. The molecule has 0 fully saturated rings. The molecule has 0 atom stereocenters. The van der Waals surface area contributed by atoms with Crippen molar-refractivity contribution >= 4 is 11.7 Å². The van der Waals surface area contributed by atoms with E-state index in [1.165, 1.54) is 18.2 Å². The SMILES string of the molecule is CC(C)OC(=O)CNc1ccccc1OC(F)(F)F. The molecular formula is C12H14F3NO3. The van der Waals surface area contributed by atoms with Gasteiger partial charge in [-0.05, 0) is 26.0 Å². The van der Waals surface area contributed by atoms with Gasteiger partial charge in [0.1, 0.15) is 6.54 Å². The fraction of sp³-hybridized carbons (Fsp3) is 0.417. The number of rotatable bonds is 5. The number of carbonyl (C=O) groups is 1. The van der Waals surface area contributed by atoms with E-state index in [1.54, 1.807) is 13.8 Å². The maximum Gasteiger partial charge on any atom is 0.573 e. The monoisotopic (exact) mass is 277 g/mol. The zero-order chi connectivity index (χ0) is 14.5. The molecule has 0 saturated heterocycles. The van der Waals surface area contributed by atoms with Crippen molar-refractivity contribution in [3.8, 4) is 5.75 Å².